The van der Waals surface area contributed by atoms with E-state index in [0.717, 1.165) is 5.56 Å². The highest BCUT2D eigenvalue weighted by atomic mass is 35.5. The smallest absolute Gasteiger partial charge is 0.165 e. The number of benzene rings is 1. The summed E-state index contributed by atoms with van der Waals surface area (Å²) in [7, 11) is 1.40. The Balaban J connectivity index is 2.33. The molecule has 0 amide bonds. The third kappa shape index (κ3) is 2.51. The van der Waals surface area contributed by atoms with E-state index < -0.39 is 11.9 Å². The van der Waals surface area contributed by atoms with Gasteiger partial charge in [-0.25, -0.2) is 4.39 Å². The molecule has 0 bridgehead atoms. The molecule has 96 valence electrons. The molecule has 5 heteroatoms. The number of aliphatic hydroxyl groups is 1. The van der Waals surface area contributed by atoms with Crippen LogP contribution in [-0.2, 0) is 0 Å². The van der Waals surface area contributed by atoms with Crippen LogP contribution in [0.15, 0.2) is 24.3 Å². The lowest BCUT2D eigenvalue weighted by atomic mass is 10.1. The van der Waals surface area contributed by atoms with Crippen LogP contribution in [0.4, 0.5) is 4.39 Å². The maximum Gasteiger partial charge on any atom is 0.165 e. The molecule has 2 nitrogen and oxygen atoms in total. The summed E-state index contributed by atoms with van der Waals surface area (Å²) in [5.74, 6) is -0.334. The topological polar surface area (TPSA) is 29.5 Å². The molecule has 0 aliphatic rings. The number of ether oxygens (including phenoxy) is 1. The van der Waals surface area contributed by atoms with Crippen molar-refractivity contribution in [3.63, 3.8) is 0 Å². The Hall–Kier alpha value is -1.10. The van der Waals surface area contributed by atoms with Crippen molar-refractivity contribution in [2.75, 3.05) is 7.11 Å². The van der Waals surface area contributed by atoms with Gasteiger partial charge in [-0.2, -0.15) is 0 Å². The molecule has 0 aliphatic carbocycles. The van der Waals surface area contributed by atoms with Crippen molar-refractivity contribution in [2.24, 2.45) is 0 Å². The van der Waals surface area contributed by atoms with E-state index in [1.54, 1.807) is 12.1 Å². The monoisotopic (exact) mass is 286 g/mol. The molecule has 0 saturated heterocycles. The second-order valence-electron chi connectivity index (χ2n) is 3.90. The molecule has 2 rings (SSSR count). The molecule has 0 fully saturated rings. The van der Waals surface area contributed by atoms with Gasteiger partial charge in [-0.1, -0.05) is 17.7 Å². The minimum Gasteiger partial charge on any atom is -0.494 e. The third-order valence-corrected chi connectivity index (χ3v) is 4.24. The Morgan fingerprint density at radius 1 is 1.39 bits per heavy atom. The fraction of sp³-hybridized carbons (Fsp3) is 0.231. The van der Waals surface area contributed by atoms with E-state index in [-0.39, 0.29) is 5.75 Å². The molecule has 1 N–H and O–H groups in total. The van der Waals surface area contributed by atoms with Gasteiger partial charge in [0.05, 0.1) is 11.4 Å². The van der Waals surface area contributed by atoms with Crippen LogP contribution in [-0.4, -0.2) is 12.2 Å². The van der Waals surface area contributed by atoms with Gasteiger partial charge in [0.2, 0.25) is 0 Å². The van der Waals surface area contributed by atoms with Gasteiger partial charge in [0.25, 0.3) is 0 Å². The minimum atomic E-state index is -0.874. The van der Waals surface area contributed by atoms with E-state index in [2.05, 4.69) is 0 Å². The summed E-state index contributed by atoms with van der Waals surface area (Å²) in [5.41, 5.74) is 1.39. The van der Waals surface area contributed by atoms with E-state index in [4.69, 9.17) is 16.3 Å². The molecule has 0 radical (unpaired) electrons. The first-order chi connectivity index (χ1) is 8.52. The first-order valence-electron chi connectivity index (χ1n) is 5.30. The van der Waals surface area contributed by atoms with Crippen molar-refractivity contribution in [3.8, 4) is 5.75 Å². The first-order valence-corrected chi connectivity index (χ1v) is 6.49. The molecule has 1 aromatic heterocycles. The van der Waals surface area contributed by atoms with E-state index in [0.29, 0.717) is 14.8 Å². The van der Waals surface area contributed by atoms with Gasteiger partial charge in [0, 0.05) is 4.88 Å². The summed E-state index contributed by atoms with van der Waals surface area (Å²) in [6.07, 6.45) is -0.874. The highest BCUT2D eigenvalue weighted by molar-refractivity contribution is 7.16. The van der Waals surface area contributed by atoms with E-state index >= 15 is 0 Å². The second-order valence-corrected chi connectivity index (χ2v) is 5.59. The SMILES string of the molecule is COc1ccc(C(O)c2cc(C)c(Cl)s2)cc1F. The predicted molar refractivity (Wildman–Crippen MR) is 71.1 cm³/mol. The molecule has 0 spiro atoms. The Bertz CT molecular complexity index is 549. The van der Waals surface area contributed by atoms with Gasteiger partial charge < -0.3 is 9.84 Å². The van der Waals surface area contributed by atoms with E-state index in [1.807, 2.05) is 6.92 Å². The molecular weight excluding hydrogens is 275 g/mol. The maximum absolute atomic E-state index is 13.6. The summed E-state index contributed by atoms with van der Waals surface area (Å²) in [5, 5.41) is 10.2. The maximum atomic E-state index is 13.6. The summed E-state index contributed by atoms with van der Waals surface area (Å²) >= 11 is 7.25. The van der Waals surface area contributed by atoms with Crippen molar-refractivity contribution in [1.29, 1.82) is 0 Å². The molecule has 0 saturated carbocycles. The number of halogens is 2. The zero-order valence-electron chi connectivity index (χ0n) is 9.91. The number of aliphatic hydroxyl groups excluding tert-OH is 1. The van der Waals surface area contributed by atoms with Crippen LogP contribution in [0.2, 0.25) is 4.34 Å². The average molecular weight is 287 g/mol. The number of hydrogen-bond donors (Lipinski definition) is 1. The van der Waals surface area contributed by atoms with Crippen molar-refractivity contribution in [1.82, 2.24) is 0 Å². The predicted octanol–water partition coefficient (Wildman–Crippen LogP) is 3.94. The van der Waals surface area contributed by atoms with Gasteiger partial charge in [0.1, 0.15) is 6.10 Å². The van der Waals surface area contributed by atoms with E-state index in [1.165, 1.54) is 30.6 Å². The average Bonchev–Trinajstić information content (AvgIpc) is 2.68. The summed E-state index contributed by atoms with van der Waals surface area (Å²) in [6.45, 7) is 1.86. The number of hydrogen-bond acceptors (Lipinski definition) is 3. The molecule has 1 atom stereocenters. The van der Waals surface area contributed by atoms with Crippen LogP contribution in [0.3, 0.4) is 0 Å². The number of aryl methyl sites for hydroxylation is 1. The van der Waals surface area contributed by atoms with Crippen molar-refractivity contribution < 1.29 is 14.2 Å². The lowest BCUT2D eigenvalue weighted by Crippen LogP contribution is -1.98. The molecule has 1 heterocycles. The number of methoxy groups -OCH3 is 1. The first kappa shape index (κ1) is 13.3. The zero-order valence-corrected chi connectivity index (χ0v) is 11.5. The normalized spacial score (nSPS) is 12.5. The van der Waals surface area contributed by atoms with Crippen molar-refractivity contribution in [3.05, 3.63) is 50.4 Å². The van der Waals surface area contributed by atoms with Crippen LogP contribution in [0, 0.1) is 12.7 Å². The Morgan fingerprint density at radius 2 is 2.11 bits per heavy atom. The van der Waals surface area contributed by atoms with Crippen LogP contribution < -0.4 is 4.74 Å². The van der Waals surface area contributed by atoms with Crippen LogP contribution in [0.25, 0.3) is 0 Å². The Kier molecular flexibility index (Phi) is 3.90. The Morgan fingerprint density at radius 3 is 2.61 bits per heavy atom. The molecule has 2 aromatic rings. The largest absolute Gasteiger partial charge is 0.494 e. The fourth-order valence-corrected chi connectivity index (χ4v) is 2.87. The number of thiophene rings is 1. The fourth-order valence-electron chi connectivity index (χ4n) is 1.64. The third-order valence-electron chi connectivity index (χ3n) is 2.64. The highest BCUT2D eigenvalue weighted by Crippen LogP contribution is 2.34. The molecule has 1 aromatic carbocycles. The summed E-state index contributed by atoms with van der Waals surface area (Å²) < 4.78 is 19.0. The summed E-state index contributed by atoms with van der Waals surface area (Å²) in [4.78, 5) is 0.696. The minimum absolute atomic E-state index is 0.159. The molecule has 18 heavy (non-hydrogen) atoms. The summed E-state index contributed by atoms with van der Waals surface area (Å²) in [6, 6.07) is 6.21. The van der Waals surface area contributed by atoms with Crippen molar-refractivity contribution >= 4 is 22.9 Å². The van der Waals surface area contributed by atoms with Gasteiger partial charge in [-0.3, -0.25) is 0 Å². The van der Waals surface area contributed by atoms with Gasteiger partial charge in [-0.05, 0) is 36.2 Å². The quantitative estimate of drug-likeness (QED) is 0.926. The molecular formula is C13H12ClFO2S. The van der Waals surface area contributed by atoms with Crippen LogP contribution >= 0.6 is 22.9 Å². The van der Waals surface area contributed by atoms with Gasteiger partial charge in [-0.15, -0.1) is 11.3 Å². The lowest BCUT2D eigenvalue weighted by Gasteiger charge is -2.10. The Labute approximate surface area is 114 Å². The molecule has 1 unspecified atom stereocenters. The lowest BCUT2D eigenvalue weighted by molar-refractivity contribution is 0.223. The van der Waals surface area contributed by atoms with Gasteiger partial charge in [0.15, 0.2) is 11.6 Å². The molecule has 0 aliphatic heterocycles. The zero-order chi connectivity index (χ0) is 13.3. The standard InChI is InChI=1S/C13H12ClFO2S/c1-7-5-11(18-13(7)14)12(16)8-3-4-10(17-2)9(15)6-8/h3-6,12,16H,1-2H3. The highest BCUT2D eigenvalue weighted by Gasteiger charge is 2.16. The van der Waals surface area contributed by atoms with Crippen LogP contribution in [0.1, 0.15) is 22.1 Å². The van der Waals surface area contributed by atoms with Gasteiger partial charge >= 0.3 is 0 Å². The second kappa shape index (κ2) is 5.26. The van der Waals surface area contributed by atoms with E-state index in [9.17, 15) is 9.50 Å². The van der Waals surface area contributed by atoms with Crippen LogP contribution in [0.5, 0.6) is 5.75 Å². The number of rotatable bonds is 3. The van der Waals surface area contributed by atoms with Crippen molar-refractivity contribution in [2.45, 2.75) is 13.0 Å².